The summed E-state index contributed by atoms with van der Waals surface area (Å²) < 4.78 is 5.49. The van der Waals surface area contributed by atoms with E-state index in [1.807, 2.05) is 0 Å². The van der Waals surface area contributed by atoms with E-state index in [2.05, 4.69) is 0 Å². The van der Waals surface area contributed by atoms with E-state index in [0.29, 0.717) is 6.42 Å². The molecule has 5 N–H and O–H groups in total. The molecule has 6 heteroatoms. The molecule has 0 aromatic carbocycles. The van der Waals surface area contributed by atoms with Crippen LogP contribution in [0.5, 0.6) is 0 Å². The molecule has 5 unspecified atom stereocenters. The average molecular weight is 318 g/mol. The first kappa shape index (κ1) is 18.1. The molecule has 0 bridgehead atoms. The van der Waals surface area contributed by atoms with Crippen molar-refractivity contribution in [1.29, 1.82) is 0 Å². The molecular weight excluding hydrogens is 288 g/mol. The summed E-state index contributed by atoms with van der Waals surface area (Å²) in [7, 11) is 0. The first-order valence-corrected chi connectivity index (χ1v) is 8.55. The van der Waals surface area contributed by atoms with Crippen molar-refractivity contribution in [2.75, 3.05) is 6.61 Å². The van der Waals surface area contributed by atoms with Crippen molar-refractivity contribution in [2.45, 2.75) is 93.9 Å². The van der Waals surface area contributed by atoms with Crippen molar-refractivity contribution < 1.29 is 30.3 Å². The molecule has 130 valence electrons. The van der Waals surface area contributed by atoms with Crippen LogP contribution >= 0.6 is 0 Å². The molecule has 0 aromatic rings. The van der Waals surface area contributed by atoms with Gasteiger partial charge < -0.3 is 30.3 Å². The van der Waals surface area contributed by atoms with Gasteiger partial charge in [0.1, 0.15) is 6.10 Å². The molecule has 2 aliphatic rings. The van der Waals surface area contributed by atoms with Crippen molar-refractivity contribution in [1.82, 2.24) is 0 Å². The third kappa shape index (κ3) is 3.32. The second kappa shape index (κ2) is 7.55. The lowest BCUT2D eigenvalue weighted by Crippen LogP contribution is -2.58. The summed E-state index contributed by atoms with van der Waals surface area (Å²) in [5, 5.41) is 49.5. The van der Waals surface area contributed by atoms with E-state index in [0.717, 1.165) is 44.9 Å². The number of hydrogen-bond donors (Lipinski definition) is 5. The fourth-order valence-electron chi connectivity index (χ4n) is 3.75. The SMILES string of the molecule is OCCCCCCCCCC1OC2(O)CCC(O)C2(O)C1O. The lowest BCUT2D eigenvalue weighted by atomic mass is 9.87. The van der Waals surface area contributed by atoms with Crippen molar-refractivity contribution in [3.63, 3.8) is 0 Å². The molecule has 6 nitrogen and oxygen atoms in total. The molecule has 1 heterocycles. The number of aliphatic hydroxyl groups excluding tert-OH is 3. The summed E-state index contributed by atoms with van der Waals surface area (Å²) in [5.74, 6) is -1.82. The molecule has 2 rings (SSSR count). The maximum atomic E-state index is 10.4. The summed E-state index contributed by atoms with van der Waals surface area (Å²) in [6.07, 6.45) is 5.02. The predicted molar refractivity (Wildman–Crippen MR) is 80.0 cm³/mol. The number of ether oxygens (including phenoxy) is 1. The van der Waals surface area contributed by atoms with Crippen molar-refractivity contribution >= 4 is 0 Å². The van der Waals surface area contributed by atoms with Gasteiger partial charge in [-0.2, -0.15) is 0 Å². The van der Waals surface area contributed by atoms with Crippen LogP contribution < -0.4 is 0 Å². The van der Waals surface area contributed by atoms with Gasteiger partial charge in [-0.1, -0.05) is 38.5 Å². The van der Waals surface area contributed by atoms with E-state index in [1.54, 1.807) is 0 Å². The quantitative estimate of drug-likeness (QED) is 0.394. The number of unbranched alkanes of at least 4 members (excludes halogenated alkanes) is 6. The fraction of sp³-hybridized carbons (Fsp3) is 1.00. The average Bonchev–Trinajstić information content (AvgIpc) is 2.84. The van der Waals surface area contributed by atoms with Crippen LogP contribution in [0.25, 0.3) is 0 Å². The number of hydrogen-bond acceptors (Lipinski definition) is 6. The molecule has 0 amide bonds. The fourth-order valence-corrected chi connectivity index (χ4v) is 3.75. The monoisotopic (exact) mass is 318 g/mol. The summed E-state index contributed by atoms with van der Waals surface area (Å²) in [6.45, 7) is 0.259. The van der Waals surface area contributed by atoms with Crippen molar-refractivity contribution in [2.24, 2.45) is 0 Å². The highest BCUT2D eigenvalue weighted by Crippen LogP contribution is 2.50. The molecule has 0 radical (unpaired) electrons. The molecule has 2 fully saturated rings. The van der Waals surface area contributed by atoms with E-state index < -0.39 is 29.7 Å². The van der Waals surface area contributed by atoms with E-state index in [-0.39, 0.29) is 19.4 Å². The zero-order valence-corrected chi connectivity index (χ0v) is 13.2. The van der Waals surface area contributed by atoms with Crippen LogP contribution in [0.1, 0.15) is 64.2 Å². The standard InChI is InChI=1S/C16H30O6/c17-11-7-5-3-1-2-4-6-8-12-14(19)16(21)13(18)9-10-15(16,20)22-12/h12-14,17-21H,1-11H2. The van der Waals surface area contributed by atoms with Gasteiger partial charge in [0.15, 0.2) is 5.60 Å². The van der Waals surface area contributed by atoms with Crippen LogP contribution in [0.3, 0.4) is 0 Å². The minimum atomic E-state index is -1.96. The van der Waals surface area contributed by atoms with E-state index in [9.17, 15) is 20.4 Å². The maximum absolute atomic E-state index is 10.4. The minimum Gasteiger partial charge on any atom is -0.396 e. The molecule has 1 saturated carbocycles. The largest absolute Gasteiger partial charge is 0.396 e. The zero-order chi connectivity index (χ0) is 16.2. The third-order valence-electron chi connectivity index (χ3n) is 5.19. The van der Waals surface area contributed by atoms with Crippen LogP contribution in [0.2, 0.25) is 0 Å². The second-order valence-electron chi connectivity index (χ2n) is 6.75. The Hall–Kier alpha value is -0.240. The Labute approximate surface area is 131 Å². The Balaban J connectivity index is 1.68. The first-order valence-electron chi connectivity index (χ1n) is 8.55. The first-order chi connectivity index (χ1) is 10.5. The van der Waals surface area contributed by atoms with Crippen LogP contribution in [0, 0.1) is 0 Å². The van der Waals surface area contributed by atoms with Crippen LogP contribution in [-0.2, 0) is 4.74 Å². The molecule has 1 aliphatic heterocycles. The van der Waals surface area contributed by atoms with Gasteiger partial charge in [-0.25, -0.2) is 0 Å². The van der Waals surface area contributed by atoms with Crippen LogP contribution in [-0.4, -0.2) is 61.8 Å². The topological polar surface area (TPSA) is 110 Å². The summed E-state index contributed by atoms with van der Waals surface area (Å²) >= 11 is 0. The number of aliphatic hydroxyl groups is 5. The van der Waals surface area contributed by atoms with Gasteiger partial charge in [-0.05, 0) is 19.3 Å². The molecule has 1 saturated heterocycles. The minimum absolute atomic E-state index is 0.142. The third-order valence-corrected chi connectivity index (χ3v) is 5.19. The lowest BCUT2D eigenvalue weighted by molar-refractivity contribution is -0.265. The highest BCUT2D eigenvalue weighted by molar-refractivity contribution is 5.15. The molecule has 1 aliphatic carbocycles. The highest BCUT2D eigenvalue weighted by Gasteiger charge is 2.70. The molecule has 5 atom stereocenters. The van der Waals surface area contributed by atoms with Crippen LogP contribution in [0.15, 0.2) is 0 Å². The molecule has 22 heavy (non-hydrogen) atoms. The van der Waals surface area contributed by atoms with Crippen molar-refractivity contribution in [3.8, 4) is 0 Å². The molecular formula is C16H30O6. The van der Waals surface area contributed by atoms with E-state index in [4.69, 9.17) is 9.84 Å². The Morgan fingerprint density at radius 1 is 0.909 bits per heavy atom. The smallest absolute Gasteiger partial charge is 0.200 e. The van der Waals surface area contributed by atoms with Gasteiger partial charge in [0.25, 0.3) is 0 Å². The van der Waals surface area contributed by atoms with Gasteiger partial charge in [0.2, 0.25) is 5.79 Å². The summed E-state index contributed by atoms with van der Waals surface area (Å²) in [5.41, 5.74) is -1.96. The van der Waals surface area contributed by atoms with Gasteiger partial charge in [-0.15, -0.1) is 0 Å². The molecule has 0 aromatic heterocycles. The second-order valence-corrected chi connectivity index (χ2v) is 6.75. The predicted octanol–water partition coefficient (Wildman–Crippen LogP) is 0.434. The Kier molecular flexibility index (Phi) is 6.22. The highest BCUT2D eigenvalue weighted by atomic mass is 16.7. The van der Waals surface area contributed by atoms with E-state index >= 15 is 0 Å². The Bertz CT molecular complexity index is 352. The molecule has 0 spiro atoms. The van der Waals surface area contributed by atoms with Crippen LogP contribution in [0.4, 0.5) is 0 Å². The Morgan fingerprint density at radius 2 is 1.50 bits per heavy atom. The van der Waals surface area contributed by atoms with Crippen molar-refractivity contribution in [3.05, 3.63) is 0 Å². The summed E-state index contributed by atoms with van der Waals surface area (Å²) in [4.78, 5) is 0. The zero-order valence-electron chi connectivity index (χ0n) is 13.2. The van der Waals surface area contributed by atoms with E-state index in [1.165, 1.54) is 0 Å². The summed E-state index contributed by atoms with van der Waals surface area (Å²) in [6, 6.07) is 0. The van der Waals surface area contributed by atoms with Gasteiger partial charge in [0.05, 0.1) is 12.2 Å². The maximum Gasteiger partial charge on any atom is 0.200 e. The van der Waals surface area contributed by atoms with Gasteiger partial charge in [-0.3, -0.25) is 0 Å². The lowest BCUT2D eigenvalue weighted by Gasteiger charge is -2.33. The van der Waals surface area contributed by atoms with Gasteiger partial charge >= 0.3 is 0 Å². The number of rotatable bonds is 9. The normalized spacial score (nSPS) is 41.0. The Morgan fingerprint density at radius 3 is 2.09 bits per heavy atom. The van der Waals surface area contributed by atoms with Gasteiger partial charge in [0, 0.05) is 13.0 Å². The number of fused-ring (bicyclic) bond motifs is 1.